The van der Waals surface area contributed by atoms with Crippen LogP contribution in [0.5, 0.6) is 11.5 Å². The molecule has 1 aromatic rings. The van der Waals surface area contributed by atoms with E-state index in [1.807, 2.05) is 0 Å². The monoisotopic (exact) mass is 256 g/mol. The molecular formula is C12H16O6. The molecule has 0 aromatic heterocycles. The minimum atomic E-state index is -1.34. The van der Waals surface area contributed by atoms with Crippen molar-refractivity contribution in [2.45, 2.75) is 37.6 Å². The molecule has 1 heterocycles. The van der Waals surface area contributed by atoms with Crippen LogP contribution >= 0.6 is 0 Å². The minimum absolute atomic E-state index is 0.0938. The van der Waals surface area contributed by atoms with Crippen molar-refractivity contribution in [1.29, 1.82) is 0 Å². The zero-order valence-corrected chi connectivity index (χ0v) is 9.80. The smallest absolute Gasteiger partial charge is 0.229 e. The average Bonchev–Trinajstić information content (AvgIpc) is 2.36. The van der Waals surface area contributed by atoms with Gasteiger partial charge in [-0.2, -0.15) is 0 Å². The Balaban J connectivity index is 2.06. The molecule has 100 valence electrons. The third-order valence-corrected chi connectivity index (χ3v) is 2.90. The van der Waals surface area contributed by atoms with Crippen molar-refractivity contribution >= 4 is 0 Å². The number of benzene rings is 1. The molecule has 1 aromatic carbocycles. The van der Waals surface area contributed by atoms with Crippen molar-refractivity contribution in [3.05, 3.63) is 24.3 Å². The lowest BCUT2D eigenvalue weighted by atomic mass is 10.00. The van der Waals surface area contributed by atoms with Gasteiger partial charge in [-0.1, -0.05) is 0 Å². The van der Waals surface area contributed by atoms with Crippen molar-refractivity contribution in [3.8, 4) is 11.5 Å². The molecule has 0 saturated carbocycles. The summed E-state index contributed by atoms with van der Waals surface area (Å²) in [5, 5.41) is 38.0. The first-order valence-corrected chi connectivity index (χ1v) is 5.64. The maximum Gasteiger partial charge on any atom is 0.229 e. The third-order valence-electron chi connectivity index (χ3n) is 2.90. The second kappa shape index (κ2) is 5.11. The van der Waals surface area contributed by atoms with Crippen LogP contribution in [0, 0.1) is 0 Å². The number of aliphatic hydroxyl groups excluding tert-OH is 3. The lowest BCUT2D eigenvalue weighted by Gasteiger charge is -2.38. The van der Waals surface area contributed by atoms with Crippen LogP contribution in [0.25, 0.3) is 0 Å². The quantitative estimate of drug-likeness (QED) is 0.574. The Hall–Kier alpha value is -1.34. The lowest BCUT2D eigenvalue weighted by Crippen LogP contribution is -2.58. The number of phenolic OH excluding ortho intramolecular Hbond substituents is 1. The minimum Gasteiger partial charge on any atom is -0.508 e. The molecule has 0 aliphatic carbocycles. The van der Waals surface area contributed by atoms with E-state index in [4.69, 9.17) is 14.6 Å². The molecule has 0 amide bonds. The Morgan fingerprint density at radius 1 is 1.00 bits per heavy atom. The molecule has 1 aliphatic heterocycles. The van der Waals surface area contributed by atoms with E-state index in [1.165, 1.54) is 24.3 Å². The van der Waals surface area contributed by atoms with Gasteiger partial charge in [0.05, 0.1) is 6.10 Å². The molecule has 1 fully saturated rings. The Kier molecular flexibility index (Phi) is 3.72. The third kappa shape index (κ3) is 2.56. The Bertz CT molecular complexity index is 392. The van der Waals surface area contributed by atoms with Gasteiger partial charge < -0.3 is 29.9 Å². The standard InChI is InChI=1S/C12H16O6/c1-6-9(14)10(15)11(16)12(17-6)18-8-4-2-7(13)3-5-8/h2-6,9-16H,1H3. The molecule has 1 saturated heterocycles. The molecule has 6 heteroatoms. The molecule has 0 bridgehead atoms. The van der Waals surface area contributed by atoms with Gasteiger partial charge in [-0.05, 0) is 31.2 Å². The summed E-state index contributed by atoms with van der Waals surface area (Å²) in [4.78, 5) is 0. The number of aromatic hydroxyl groups is 1. The molecule has 18 heavy (non-hydrogen) atoms. The number of hydrogen-bond donors (Lipinski definition) is 4. The normalized spacial score (nSPS) is 36.3. The van der Waals surface area contributed by atoms with Gasteiger partial charge in [-0.3, -0.25) is 0 Å². The van der Waals surface area contributed by atoms with Crippen molar-refractivity contribution in [2.75, 3.05) is 0 Å². The SMILES string of the molecule is CC1OC(Oc2ccc(O)cc2)C(O)C(O)C1O. The maximum atomic E-state index is 9.73. The van der Waals surface area contributed by atoms with E-state index in [0.717, 1.165) is 0 Å². The summed E-state index contributed by atoms with van der Waals surface area (Å²) in [6.07, 6.45) is -5.53. The summed E-state index contributed by atoms with van der Waals surface area (Å²) in [7, 11) is 0. The lowest BCUT2D eigenvalue weighted by molar-refractivity contribution is -0.268. The zero-order valence-electron chi connectivity index (χ0n) is 9.80. The first-order valence-electron chi connectivity index (χ1n) is 5.64. The van der Waals surface area contributed by atoms with E-state index in [9.17, 15) is 15.3 Å². The first kappa shape index (κ1) is 13.1. The zero-order chi connectivity index (χ0) is 13.3. The second-order valence-electron chi connectivity index (χ2n) is 4.29. The highest BCUT2D eigenvalue weighted by Gasteiger charge is 2.43. The number of phenols is 1. The molecule has 5 unspecified atom stereocenters. The van der Waals surface area contributed by atoms with Gasteiger partial charge in [-0.15, -0.1) is 0 Å². The fraction of sp³-hybridized carbons (Fsp3) is 0.500. The predicted octanol–water partition coefficient (Wildman–Crippen LogP) is -0.402. The molecular weight excluding hydrogens is 240 g/mol. The molecule has 0 spiro atoms. The summed E-state index contributed by atoms with van der Waals surface area (Å²) in [5.74, 6) is 0.476. The Labute approximate surface area is 104 Å². The number of aliphatic hydroxyl groups is 3. The molecule has 2 rings (SSSR count). The van der Waals surface area contributed by atoms with Gasteiger partial charge >= 0.3 is 0 Å². The summed E-state index contributed by atoms with van der Waals surface area (Å²) in [6.45, 7) is 1.58. The van der Waals surface area contributed by atoms with Crippen molar-refractivity contribution in [2.24, 2.45) is 0 Å². The highest BCUT2D eigenvalue weighted by Crippen LogP contribution is 2.25. The van der Waals surface area contributed by atoms with Gasteiger partial charge in [-0.25, -0.2) is 0 Å². The van der Waals surface area contributed by atoms with Crippen LogP contribution in [-0.2, 0) is 4.74 Å². The summed E-state index contributed by atoms with van der Waals surface area (Å²) in [5.41, 5.74) is 0. The average molecular weight is 256 g/mol. The maximum absolute atomic E-state index is 9.73. The van der Waals surface area contributed by atoms with E-state index >= 15 is 0 Å². The predicted molar refractivity (Wildman–Crippen MR) is 61.1 cm³/mol. The van der Waals surface area contributed by atoms with E-state index in [2.05, 4.69) is 0 Å². The van der Waals surface area contributed by atoms with Crippen LogP contribution in [0.15, 0.2) is 24.3 Å². The van der Waals surface area contributed by atoms with Gasteiger partial charge in [0.15, 0.2) is 0 Å². The summed E-state index contributed by atoms with van der Waals surface area (Å²) >= 11 is 0. The highest BCUT2D eigenvalue weighted by atomic mass is 16.7. The van der Waals surface area contributed by atoms with Crippen molar-refractivity contribution < 1.29 is 29.9 Å². The van der Waals surface area contributed by atoms with E-state index in [0.29, 0.717) is 5.75 Å². The van der Waals surface area contributed by atoms with Crippen LogP contribution in [0.3, 0.4) is 0 Å². The molecule has 6 nitrogen and oxygen atoms in total. The van der Waals surface area contributed by atoms with Gasteiger partial charge in [0.25, 0.3) is 0 Å². The van der Waals surface area contributed by atoms with Crippen LogP contribution < -0.4 is 4.74 Å². The van der Waals surface area contributed by atoms with Gasteiger partial charge in [0.2, 0.25) is 6.29 Å². The fourth-order valence-corrected chi connectivity index (χ4v) is 1.77. The molecule has 5 atom stereocenters. The largest absolute Gasteiger partial charge is 0.508 e. The Morgan fingerprint density at radius 3 is 2.22 bits per heavy atom. The Morgan fingerprint density at radius 2 is 1.61 bits per heavy atom. The van der Waals surface area contributed by atoms with Crippen LogP contribution in [0.4, 0.5) is 0 Å². The van der Waals surface area contributed by atoms with Crippen LogP contribution in [0.1, 0.15) is 6.92 Å². The number of rotatable bonds is 2. The molecule has 1 aliphatic rings. The molecule has 0 radical (unpaired) electrons. The van der Waals surface area contributed by atoms with Crippen molar-refractivity contribution in [3.63, 3.8) is 0 Å². The fourth-order valence-electron chi connectivity index (χ4n) is 1.77. The van der Waals surface area contributed by atoms with E-state index in [1.54, 1.807) is 6.92 Å². The van der Waals surface area contributed by atoms with Crippen LogP contribution in [-0.4, -0.2) is 51.1 Å². The number of ether oxygens (including phenoxy) is 2. The highest BCUT2D eigenvalue weighted by molar-refractivity contribution is 5.30. The van der Waals surface area contributed by atoms with E-state index in [-0.39, 0.29) is 5.75 Å². The van der Waals surface area contributed by atoms with E-state index < -0.39 is 30.7 Å². The summed E-state index contributed by atoms with van der Waals surface area (Å²) in [6, 6.07) is 5.87. The number of hydrogen-bond acceptors (Lipinski definition) is 6. The van der Waals surface area contributed by atoms with Gasteiger partial charge in [0.1, 0.15) is 29.8 Å². The summed E-state index contributed by atoms with van der Waals surface area (Å²) < 4.78 is 10.6. The van der Waals surface area contributed by atoms with Crippen molar-refractivity contribution in [1.82, 2.24) is 0 Å². The first-order chi connectivity index (χ1) is 8.49. The van der Waals surface area contributed by atoms with Crippen LogP contribution in [0.2, 0.25) is 0 Å². The molecule has 4 N–H and O–H groups in total. The topological polar surface area (TPSA) is 99.4 Å². The van der Waals surface area contributed by atoms with Gasteiger partial charge in [0, 0.05) is 0 Å². The second-order valence-corrected chi connectivity index (χ2v) is 4.29.